The van der Waals surface area contributed by atoms with Crippen LogP contribution in [-0.2, 0) is 0 Å². The molecule has 1 aliphatic heterocycles. The van der Waals surface area contributed by atoms with E-state index in [4.69, 9.17) is 9.52 Å². The van der Waals surface area contributed by atoms with Crippen molar-refractivity contribution in [2.24, 2.45) is 5.10 Å². The van der Waals surface area contributed by atoms with Crippen LogP contribution in [-0.4, -0.2) is 36.3 Å². The van der Waals surface area contributed by atoms with Gasteiger partial charge < -0.3 is 14.4 Å². The molecule has 1 aromatic heterocycles. The lowest BCUT2D eigenvalue weighted by Gasteiger charge is -2.17. The molecular formula is C24H23N3O4. The van der Waals surface area contributed by atoms with Crippen LogP contribution in [0.1, 0.15) is 44.9 Å². The van der Waals surface area contributed by atoms with Crippen molar-refractivity contribution in [1.29, 1.82) is 0 Å². The van der Waals surface area contributed by atoms with E-state index >= 15 is 0 Å². The number of aromatic carboxylic acids is 1. The molecule has 0 radical (unpaired) electrons. The lowest BCUT2D eigenvalue weighted by molar-refractivity contribution is 0.0696. The van der Waals surface area contributed by atoms with E-state index in [2.05, 4.69) is 15.4 Å². The van der Waals surface area contributed by atoms with E-state index < -0.39 is 5.97 Å². The first-order valence-corrected chi connectivity index (χ1v) is 10.1. The second-order valence-electron chi connectivity index (χ2n) is 7.48. The minimum atomic E-state index is -0.969. The summed E-state index contributed by atoms with van der Waals surface area (Å²) in [6.45, 7) is 3.95. The van der Waals surface area contributed by atoms with E-state index in [-0.39, 0.29) is 11.5 Å². The Kier molecular flexibility index (Phi) is 5.84. The molecule has 2 aromatic carbocycles. The number of nitrogens with one attached hydrogen (secondary N) is 1. The largest absolute Gasteiger partial charge is 0.478 e. The number of hydrogen-bond acceptors (Lipinski definition) is 5. The Morgan fingerprint density at radius 3 is 2.42 bits per heavy atom. The third-order valence-electron chi connectivity index (χ3n) is 5.32. The van der Waals surface area contributed by atoms with E-state index in [1.807, 2.05) is 19.1 Å². The summed E-state index contributed by atoms with van der Waals surface area (Å²) in [6.07, 6.45) is 3.85. The first-order valence-electron chi connectivity index (χ1n) is 10.1. The van der Waals surface area contributed by atoms with E-state index in [0.29, 0.717) is 17.1 Å². The maximum Gasteiger partial charge on any atom is 0.335 e. The molecule has 158 valence electrons. The summed E-state index contributed by atoms with van der Waals surface area (Å²) in [7, 11) is 0. The fourth-order valence-corrected chi connectivity index (χ4v) is 3.66. The average Bonchev–Trinajstić information content (AvgIpc) is 3.46. The highest BCUT2D eigenvalue weighted by atomic mass is 16.4. The van der Waals surface area contributed by atoms with Gasteiger partial charge in [0.1, 0.15) is 11.5 Å². The van der Waals surface area contributed by atoms with Crippen LogP contribution in [0.15, 0.2) is 64.1 Å². The molecule has 7 heteroatoms. The average molecular weight is 417 g/mol. The molecule has 0 aliphatic carbocycles. The number of anilines is 1. The van der Waals surface area contributed by atoms with Gasteiger partial charge in [0.05, 0.1) is 11.8 Å². The molecule has 2 heterocycles. The minimum Gasteiger partial charge on any atom is -0.478 e. The summed E-state index contributed by atoms with van der Waals surface area (Å²) < 4.78 is 5.76. The summed E-state index contributed by atoms with van der Waals surface area (Å²) in [6, 6.07) is 15.9. The smallest absolute Gasteiger partial charge is 0.335 e. The predicted octanol–water partition coefficient (Wildman–Crippen LogP) is 4.32. The van der Waals surface area contributed by atoms with Crippen LogP contribution >= 0.6 is 0 Å². The van der Waals surface area contributed by atoms with E-state index in [1.165, 1.54) is 25.1 Å². The zero-order valence-corrected chi connectivity index (χ0v) is 17.2. The Balaban J connectivity index is 1.38. The summed E-state index contributed by atoms with van der Waals surface area (Å²) in [5.74, 6) is -0.194. The van der Waals surface area contributed by atoms with E-state index in [9.17, 15) is 9.59 Å². The number of nitrogens with zero attached hydrogens (tertiary/aromatic N) is 2. The lowest BCUT2D eigenvalue weighted by Crippen LogP contribution is -2.19. The Morgan fingerprint density at radius 2 is 1.74 bits per heavy atom. The summed E-state index contributed by atoms with van der Waals surface area (Å²) in [5, 5.41) is 13.1. The van der Waals surface area contributed by atoms with Crippen molar-refractivity contribution >= 4 is 23.8 Å². The number of benzene rings is 2. The van der Waals surface area contributed by atoms with Crippen molar-refractivity contribution in [3.63, 3.8) is 0 Å². The van der Waals surface area contributed by atoms with Gasteiger partial charge in [-0.1, -0.05) is 6.07 Å². The molecule has 0 saturated carbocycles. The molecule has 0 spiro atoms. The number of carbonyl (C=O) groups excluding carboxylic acids is 1. The van der Waals surface area contributed by atoms with Gasteiger partial charge in [0.25, 0.3) is 5.91 Å². The molecule has 1 saturated heterocycles. The van der Waals surface area contributed by atoms with Gasteiger partial charge in [-0.15, -0.1) is 0 Å². The molecule has 2 N–H and O–H groups in total. The molecule has 0 unspecified atom stereocenters. The number of hydrogen-bond donors (Lipinski definition) is 2. The molecule has 0 bridgehead atoms. The molecule has 0 atom stereocenters. The summed E-state index contributed by atoms with van der Waals surface area (Å²) >= 11 is 0. The minimum absolute atomic E-state index is 0.228. The molecule has 1 aliphatic rings. The number of hydrazone groups is 1. The normalized spacial score (nSPS) is 13.6. The summed E-state index contributed by atoms with van der Waals surface area (Å²) in [4.78, 5) is 25.7. The molecule has 1 amide bonds. The van der Waals surface area contributed by atoms with Gasteiger partial charge in [-0.3, -0.25) is 4.79 Å². The van der Waals surface area contributed by atoms with Gasteiger partial charge >= 0.3 is 5.97 Å². The monoisotopic (exact) mass is 417 g/mol. The highest BCUT2D eigenvalue weighted by molar-refractivity contribution is 5.95. The van der Waals surface area contributed by atoms with Gasteiger partial charge in [0.15, 0.2) is 0 Å². The van der Waals surface area contributed by atoms with Crippen molar-refractivity contribution < 1.29 is 19.1 Å². The quantitative estimate of drug-likeness (QED) is 0.460. The summed E-state index contributed by atoms with van der Waals surface area (Å²) in [5.41, 5.74) is 6.00. The standard InChI is InChI=1S/C24H23N3O4/c1-16-14-18(24(29)30)6-10-21(16)22-11-9-20(31-22)15-25-26-23(28)17-4-7-19(8-5-17)27-12-2-3-13-27/h4-11,14-15H,2-3,12-13H2,1H3,(H,26,28)(H,29,30)/b25-15-. The van der Waals surface area contributed by atoms with Gasteiger partial charge in [-0.25, -0.2) is 10.2 Å². The maximum atomic E-state index is 12.3. The van der Waals surface area contributed by atoms with Crippen molar-refractivity contribution in [2.45, 2.75) is 19.8 Å². The van der Waals surface area contributed by atoms with E-state index in [0.717, 1.165) is 29.9 Å². The van der Waals surface area contributed by atoms with Crippen LogP contribution in [0.5, 0.6) is 0 Å². The van der Waals surface area contributed by atoms with E-state index in [1.54, 1.807) is 36.4 Å². The van der Waals surface area contributed by atoms with Crippen molar-refractivity contribution in [3.8, 4) is 11.3 Å². The fraction of sp³-hybridized carbons (Fsp3) is 0.208. The van der Waals surface area contributed by atoms with Crippen LogP contribution in [0.25, 0.3) is 11.3 Å². The lowest BCUT2D eigenvalue weighted by atomic mass is 10.0. The topological polar surface area (TPSA) is 95.1 Å². The zero-order valence-electron chi connectivity index (χ0n) is 17.2. The number of amides is 1. The molecule has 3 aromatic rings. The number of rotatable bonds is 6. The van der Waals surface area contributed by atoms with Crippen LogP contribution in [0.4, 0.5) is 5.69 Å². The van der Waals surface area contributed by atoms with Crippen LogP contribution in [0.2, 0.25) is 0 Å². The second-order valence-corrected chi connectivity index (χ2v) is 7.48. The number of carboxylic acids is 1. The molecule has 31 heavy (non-hydrogen) atoms. The van der Waals surface area contributed by atoms with Crippen LogP contribution < -0.4 is 10.3 Å². The highest BCUT2D eigenvalue weighted by Gasteiger charge is 2.13. The number of carboxylic acid groups (broad SMARTS) is 1. The SMILES string of the molecule is Cc1cc(C(=O)O)ccc1-c1ccc(/C=N\NC(=O)c2ccc(N3CCCC3)cc2)o1. The number of furan rings is 1. The Morgan fingerprint density at radius 1 is 1.03 bits per heavy atom. The third kappa shape index (κ3) is 4.66. The van der Waals surface area contributed by atoms with Crippen molar-refractivity contribution in [1.82, 2.24) is 5.43 Å². The van der Waals surface area contributed by atoms with Gasteiger partial charge in [0.2, 0.25) is 0 Å². The van der Waals surface area contributed by atoms with Gasteiger partial charge in [0, 0.05) is 29.9 Å². The van der Waals surface area contributed by atoms with Gasteiger partial charge in [-0.2, -0.15) is 5.10 Å². The van der Waals surface area contributed by atoms with Crippen LogP contribution in [0.3, 0.4) is 0 Å². The number of aryl methyl sites for hydroxylation is 1. The molecule has 7 nitrogen and oxygen atoms in total. The Labute approximate surface area is 180 Å². The predicted molar refractivity (Wildman–Crippen MR) is 119 cm³/mol. The maximum absolute atomic E-state index is 12.3. The van der Waals surface area contributed by atoms with Crippen LogP contribution in [0, 0.1) is 6.92 Å². The zero-order chi connectivity index (χ0) is 21.8. The highest BCUT2D eigenvalue weighted by Crippen LogP contribution is 2.26. The first kappa shape index (κ1) is 20.4. The first-order chi connectivity index (χ1) is 15.0. The molecule has 4 rings (SSSR count). The molecule has 1 fully saturated rings. The Bertz CT molecular complexity index is 1130. The third-order valence-corrected chi connectivity index (χ3v) is 5.32. The Hall–Kier alpha value is -3.87. The fourth-order valence-electron chi connectivity index (χ4n) is 3.66. The second kappa shape index (κ2) is 8.87. The van der Waals surface area contributed by atoms with Gasteiger partial charge in [-0.05, 0) is 73.9 Å². The van der Waals surface area contributed by atoms with Crippen molar-refractivity contribution in [2.75, 3.05) is 18.0 Å². The molecular weight excluding hydrogens is 394 g/mol. The number of carbonyl (C=O) groups is 2. The van der Waals surface area contributed by atoms with Crippen molar-refractivity contribution in [3.05, 3.63) is 77.0 Å².